The molecule has 0 bridgehead atoms. The van der Waals surface area contributed by atoms with E-state index in [2.05, 4.69) is 93.7 Å². The standard InChI is InChI=1S/C24H22ClN5O.2C23H21ClFN5.C23H19ClN6/c1-16-7-5-10-18(15-16)22-20-21(25)23(17-8-3-2-4-9-17)26-27-24(20)30(28-22)14-13-29-12-6-11-19(29)31;2*24-20-19-21(16-7-3-1-4-8-16)28-30(14-13-29-12-11-18(25)15-29)23(19)27-26-22(20)17-9-5-2-6-10-17;1-16-6-5-9-18(14-16)21-19-20(24)22(17-7-3-2-4-8-17)26-27-23(19)30(28-21)13-12-29-11-10-25-15-29/h2-5,7-10,15H,6,11-14H2,1H3;2*1-10,18H,11-15H2;2-11,14-15H,12-13H2,1H3/t;2*18-;/m.10./s1. The number of fused-ring (bicyclic) bond motifs is 4. The number of amides is 1. The largest absolute Gasteiger partial charge is 0.341 e. The van der Waals surface area contributed by atoms with Gasteiger partial charge in [0.25, 0.3) is 0 Å². The van der Waals surface area contributed by atoms with Gasteiger partial charge in [0.05, 0.1) is 74.1 Å². The summed E-state index contributed by atoms with van der Waals surface area (Å²) >= 11 is 27.6. The Morgan fingerprint density at radius 1 is 0.347 bits per heavy atom. The fourth-order valence-corrected chi connectivity index (χ4v) is 16.9. The van der Waals surface area contributed by atoms with Gasteiger partial charge < -0.3 is 9.47 Å². The van der Waals surface area contributed by atoms with Crippen LogP contribution >= 0.6 is 46.4 Å². The van der Waals surface area contributed by atoms with E-state index in [1.807, 2.05) is 241 Å². The summed E-state index contributed by atoms with van der Waals surface area (Å²) in [6, 6.07) is 75.6. The van der Waals surface area contributed by atoms with E-state index in [1.165, 1.54) is 0 Å². The number of carbonyl (C=O) groups is 1. The maximum absolute atomic E-state index is 13.5. The number of carbonyl (C=O) groups excluding carboxylic acids is 1. The van der Waals surface area contributed by atoms with Gasteiger partial charge in [-0.2, -0.15) is 20.4 Å². The number of benzene rings is 8. The van der Waals surface area contributed by atoms with Crippen molar-refractivity contribution in [3.8, 4) is 90.1 Å². The van der Waals surface area contributed by atoms with Gasteiger partial charge in [-0.1, -0.05) is 276 Å². The second kappa shape index (κ2) is 37.1. The number of hydrogen-bond acceptors (Lipinski definition) is 16. The molecule has 608 valence electrons. The van der Waals surface area contributed by atoms with Crippen LogP contribution in [0, 0.1) is 13.8 Å². The molecule has 17 aromatic rings. The van der Waals surface area contributed by atoms with Gasteiger partial charge >= 0.3 is 0 Å². The Labute approximate surface area is 717 Å². The fraction of sp³-hybridized carbons (Fsp3) is 0.226. The molecule has 3 aliphatic rings. The molecule has 3 fully saturated rings. The molecule has 3 aliphatic heterocycles. The van der Waals surface area contributed by atoms with Crippen LogP contribution in [0.25, 0.3) is 134 Å². The Hall–Kier alpha value is -12.4. The summed E-state index contributed by atoms with van der Waals surface area (Å²) in [5.74, 6) is 0.200. The summed E-state index contributed by atoms with van der Waals surface area (Å²) in [7, 11) is 0. The van der Waals surface area contributed by atoms with E-state index >= 15 is 0 Å². The van der Waals surface area contributed by atoms with Crippen LogP contribution in [-0.2, 0) is 37.5 Å². The molecule has 28 heteroatoms. The van der Waals surface area contributed by atoms with Gasteiger partial charge in [0, 0.05) is 122 Å². The maximum atomic E-state index is 13.5. The molecule has 1 amide bonds. The molecule has 0 N–H and O–H groups in total. The average Bonchev–Trinajstić information content (AvgIpc) is 1.66. The van der Waals surface area contributed by atoms with Crippen molar-refractivity contribution >= 4 is 96.4 Å². The van der Waals surface area contributed by atoms with Crippen LogP contribution in [0.5, 0.6) is 0 Å². The van der Waals surface area contributed by atoms with Crippen molar-refractivity contribution < 1.29 is 13.6 Å². The summed E-state index contributed by atoms with van der Waals surface area (Å²) in [6.45, 7) is 12.6. The average molecular weight is 1690 g/mol. The number of aryl methyl sites for hydroxylation is 4. The number of imidazole rings is 1. The lowest BCUT2D eigenvalue weighted by Gasteiger charge is -2.15. The molecule has 2 atom stereocenters. The first-order valence-electron chi connectivity index (χ1n) is 40.4. The van der Waals surface area contributed by atoms with Crippen molar-refractivity contribution in [2.24, 2.45) is 0 Å². The van der Waals surface area contributed by atoms with E-state index in [-0.39, 0.29) is 5.91 Å². The third kappa shape index (κ3) is 17.9. The highest BCUT2D eigenvalue weighted by Gasteiger charge is 2.30. The molecule has 20 rings (SSSR count). The Bertz CT molecular complexity index is 6280. The number of halogens is 6. The van der Waals surface area contributed by atoms with Crippen LogP contribution < -0.4 is 0 Å². The lowest BCUT2D eigenvalue weighted by molar-refractivity contribution is -0.127. The summed E-state index contributed by atoms with van der Waals surface area (Å²) < 4.78 is 36.5. The Kier molecular flexibility index (Phi) is 24.8. The number of aromatic nitrogens is 18. The van der Waals surface area contributed by atoms with E-state index in [0.717, 1.165) is 133 Å². The van der Waals surface area contributed by atoms with Crippen molar-refractivity contribution in [2.75, 3.05) is 52.4 Å². The minimum absolute atomic E-state index is 0.200. The summed E-state index contributed by atoms with van der Waals surface area (Å²) in [6.07, 6.45) is 6.76. The molecule has 12 heterocycles. The molecule has 0 unspecified atom stereocenters. The molecule has 0 radical (unpaired) electrons. The van der Waals surface area contributed by atoms with E-state index in [4.69, 9.17) is 66.8 Å². The van der Waals surface area contributed by atoms with Gasteiger partial charge in [0.15, 0.2) is 22.6 Å². The molecule has 9 aromatic heterocycles. The first-order chi connectivity index (χ1) is 59.2. The zero-order chi connectivity index (χ0) is 82.9. The van der Waals surface area contributed by atoms with Crippen LogP contribution in [0.4, 0.5) is 8.78 Å². The van der Waals surface area contributed by atoms with Crippen molar-refractivity contribution in [3.05, 3.63) is 280 Å². The molecule has 22 nitrogen and oxygen atoms in total. The SMILES string of the molecule is Cc1cccc(-c2nn(CCN3CCCC3=O)c3nnc(-c4ccccc4)c(Cl)c23)c1.Cc1cccc(-c2nn(CCn3ccnc3)c3nnc(-c4ccccc4)c(Cl)c23)c1.F[C@@H]1CCN(CCn2nc(-c3ccccc3)c3c(Cl)c(-c4ccccc4)nnc32)C1.F[C@H]1CCN(CCn2nc(-c3ccccc3)c3c(Cl)c(-c4ccccc4)nnc32)C1. The Morgan fingerprint density at radius 3 is 0.942 bits per heavy atom. The molecular formula is C93H83Cl4F2N21O. The predicted octanol–water partition coefficient (Wildman–Crippen LogP) is 19.5. The minimum Gasteiger partial charge on any atom is -0.341 e. The Morgan fingerprint density at radius 2 is 0.653 bits per heavy atom. The van der Waals surface area contributed by atoms with E-state index < -0.39 is 12.3 Å². The van der Waals surface area contributed by atoms with Gasteiger partial charge in [0.1, 0.15) is 57.9 Å². The zero-order valence-electron chi connectivity index (χ0n) is 66.4. The smallest absolute Gasteiger partial charge is 0.222 e. The van der Waals surface area contributed by atoms with Gasteiger partial charge in [-0.05, 0) is 45.2 Å². The van der Waals surface area contributed by atoms with Crippen molar-refractivity contribution in [1.82, 2.24) is 104 Å². The summed E-state index contributed by atoms with van der Waals surface area (Å²) in [5.41, 5.74) is 18.3. The first-order valence-corrected chi connectivity index (χ1v) is 41.9. The Balaban J connectivity index is 0.000000115. The topological polar surface area (TPSA) is 219 Å². The van der Waals surface area contributed by atoms with E-state index in [1.54, 1.807) is 12.5 Å². The quantitative estimate of drug-likeness (QED) is 0.0692. The lowest BCUT2D eigenvalue weighted by atomic mass is 10.1. The monoisotopic (exact) mass is 1690 g/mol. The third-order valence-corrected chi connectivity index (χ3v) is 23.3. The minimum atomic E-state index is -0.734. The molecule has 3 saturated heterocycles. The van der Waals surface area contributed by atoms with Crippen LogP contribution in [-0.4, -0.2) is 175 Å². The van der Waals surface area contributed by atoms with E-state index in [0.29, 0.717) is 144 Å². The van der Waals surface area contributed by atoms with Gasteiger partial charge in [0.2, 0.25) is 5.91 Å². The van der Waals surface area contributed by atoms with Gasteiger partial charge in [-0.15, -0.1) is 40.8 Å². The molecule has 8 aromatic carbocycles. The van der Waals surface area contributed by atoms with E-state index in [9.17, 15) is 13.6 Å². The highest BCUT2D eigenvalue weighted by molar-refractivity contribution is 6.40. The third-order valence-electron chi connectivity index (χ3n) is 21.8. The summed E-state index contributed by atoms with van der Waals surface area (Å²) in [5, 5.41) is 60.6. The molecule has 0 spiro atoms. The van der Waals surface area contributed by atoms with Crippen molar-refractivity contribution in [1.29, 1.82) is 0 Å². The van der Waals surface area contributed by atoms with Crippen LogP contribution in [0.2, 0.25) is 20.1 Å². The second-order valence-electron chi connectivity index (χ2n) is 30.1. The lowest BCUT2D eigenvalue weighted by Crippen LogP contribution is -2.28. The number of nitrogens with zero attached hydrogens (tertiary/aromatic N) is 21. The van der Waals surface area contributed by atoms with Crippen molar-refractivity contribution in [2.45, 2.75) is 84.6 Å². The molecular weight excluding hydrogens is 1610 g/mol. The highest BCUT2D eigenvalue weighted by atomic mass is 35.5. The van der Waals surface area contributed by atoms with Crippen LogP contribution in [0.1, 0.15) is 36.8 Å². The number of alkyl halides is 2. The van der Waals surface area contributed by atoms with Crippen LogP contribution in [0.15, 0.2) is 249 Å². The normalized spacial score (nSPS) is 14.8. The van der Waals surface area contributed by atoms with Crippen molar-refractivity contribution in [3.63, 3.8) is 0 Å². The molecule has 0 saturated carbocycles. The van der Waals surface area contributed by atoms with Gasteiger partial charge in [-0.3, -0.25) is 14.6 Å². The van der Waals surface area contributed by atoms with Gasteiger partial charge in [-0.25, -0.2) is 32.5 Å². The predicted molar refractivity (Wildman–Crippen MR) is 474 cm³/mol. The second-order valence-corrected chi connectivity index (χ2v) is 31.6. The summed E-state index contributed by atoms with van der Waals surface area (Å²) in [4.78, 5) is 22.2. The highest BCUT2D eigenvalue weighted by Crippen LogP contribution is 2.43. The number of hydrogen-bond donors (Lipinski definition) is 0. The zero-order valence-corrected chi connectivity index (χ0v) is 69.4. The molecule has 121 heavy (non-hydrogen) atoms. The van der Waals surface area contributed by atoms with Crippen LogP contribution in [0.3, 0.4) is 0 Å². The maximum Gasteiger partial charge on any atom is 0.222 e. The first kappa shape index (κ1) is 81.0. The number of likely N-dealkylation sites (tertiary alicyclic amines) is 3. The number of rotatable bonds is 20. The molecule has 0 aliphatic carbocycles. The fourth-order valence-electron chi connectivity index (χ4n) is 15.6.